The minimum atomic E-state index is -3.94. The number of hydrogen-bond donors (Lipinski definition) is 2. The Hall–Kier alpha value is -1.31. The third kappa shape index (κ3) is 3.48. The van der Waals surface area contributed by atoms with Gasteiger partial charge in [-0.25, -0.2) is 12.8 Å². The zero-order valence-corrected chi connectivity index (χ0v) is 14.0. The van der Waals surface area contributed by atoms with E-state index in [9.17, 15) is 12.8 Å². The molecule has 0 heterocycles. The first-order chi connectivity index (χ1) is 9.70. The Labute approximate surface area is 135 Å². The fourth-order valence-corrected chi connectivity index (χ4v) is 3.54. The number of nitrogens with two attached hydrogens (primary N) is 1. The highest BCUT2D eigenvalue weighted by atomic mass is 79.9. The number of aryl methyl sites for hydroxylation is 1. The molecule has 0 bridgehead atoms. The lowest BCUT2D eigenvalue weighted by Crippen LogP contribution is -2.14. The van der Waals surface area contributed by atoms with Crippen molar-refractivity contribution in [1.82, 2.24) is 0 Å². The number of nitrogen functional groups attached to an aromatic ring is 1. The summed E-state index contributed by atoms with van der Waals surface area (Å²) in [4.78, 5) is -0.224. The summed E-state index contributed by atoms with van der Waals surface area (Å²) in [6.07, 6.45) is 0. The van der Waals surface area contributed by atoms with E-state index < -0.39 is 15.8 Å². The van der Waals surface area contributed by atoms with E-state index in [-0.39, 0.29) is 16.3 Å². The van der Waals surface area contributed by atoms with Gasteiger partial charge in [0.25, 0.3) is 10.0 Å². The molecule has 0 aromatic heterocycles. The van der Waals surface area contributed by atoms with Crippen LogP contribution in [-0.2, 0) is 10.0 Å². The number of anilines is 2. The molecule has 2 aromatic carbocycles. The molecule has 112 valence electrons. The van der Waals surface area contributed by atoms with Crippen LogP contribution in [0.5, 0.6) is 0 Å². The van der Waals surface area contributed by atoms with E-state index >= 15 is 0 Å². The van der Waals surface area contributed by atoms with E-state index in [1.807, 2.05) is 0 Å². The fourth-order valence-electron chi connectivity index (χ4n) is 1.60. The largest absolute Gasteiger partial charge is 0.396 e. The van der Waals surface area contributed by atoms with Gasteiger partial charge in [0.15, 0.2) is 0 Å². The van der Waals surface area contributed by atoms with Crippen molar-refractivity contribution >= 4 is 48.9 Å². The highest BCUT2D eigenvalue weighted by Gasteiger charge is 2.18. The van der Waals surface area contributed by atoms with Crippen LogP contribution in [0.15, 0.2) is 39.7 Å². The molecule has 0 aliphatic heterocycles. The van der Waals surface area contributed by atoms with Gasteiger partial charge in [0.05, 0.1) is 16.3 Å². The van der Waals surface area contributed by atoms with Crippen molar-refractivity contribution < 1.29 is 12.8 Å². The summed E-state index contributed by atoms with van der Waals surface area (Å²) in [5, 5.41) is 0.416. The van der Waals surface area contributed by atoms with Crippen LogP contribution in [0.1, 0.15) is 5.56 Å². The predicted molar refractivity (Wildman–Crippen MR) is 85.5 cm³/mol. The SMILES string of the molecule is Cc1cc(Br)c(NS(=O)(=O)c2ccc(N)c(F)c2)cc1Cl. The van der Waals surface area contributed by atoms with Crippen LogP contribution in [0, 0.1) is 12.7 Å². The minimum Gasteiger partial charge on any atom is -0.396 e. The van der Waals surface area contributed by atoms with Crippen molar-refractivity contribution in [2.75, 3.05) is 10.5 Å². The Morgan fingerprint density at radius 1 is 1.29 bits per heavy atom. The first kappa shape index (κ1) is 16.1. The maximum Gasteiger partial charge on any atom is 0.262 e. The molecular weight excluding hydrogens is 383 g/mol. The van der Waals surface area contributed by atoms with Crippen LogP contribution in [0.4, 0.5) is 15.8 Å². The van der Waals surface area contributed by atoms with E-state index in [0.717, 1.165) is 11.6 Å². The van der Waals surface area contributed by atoms with Crippen LogP contribution in [0.25, 0.3) is 0 Å². The van der Waals surface area contributed by atoms with E-state index in [4.69, 9.17) is 17.3 Å². The maximum absolute atomic E-state index is 13.4. The standard InChI is InChI=1S/C13H11BrClFN2O2S/c1-7-4-9(14)13(6-10(7)15)18-21(19,20)8-2-3-12(17)11(16)5-8/h2-6,18H,17H2,1H3. The van der Waals surface area contributed by atoms with Gasteiger partial charge in [-0.1, -0.05) is 11.6 Å². The third-order valence-corrected chi connectivity index (χ3v) is 5.20. The van der Waals surface area contributed by atoms with Gasteiger partial charge in [-0.15, -0.1) is 0 Å². The van der Waals surface area contributed by atoms with Gasteiger partial charge in [0.1, 0.15) is 5.82 Å². The van der Waals surface area contributed by atoms with Gasteiger partial charge in [0, 0.05) is 9.50 Å². The van der Waals surface area contributed by atoms with E-state index in [1.165, 1.54) is 18.2 Å². The molecule has 0 radical (unpaired) electrons. The molecule has 0 fully saturated rings. The molecule has 2 aromatic rings. The zero-order valence-electron chi connectivity index (χ0n) is 10.8. The molecule has 4 nitrogen and oxygen atoms in total. The second-order valence-electron chi connectivity index (χ2n) is 4.37. The lowest BCUT2D eigenvalue weighted by Gasteiger charge is -2.12. The first-order valence-electron chi connectivity index (χ1n) is 5.74. The van der Waals surface area contributed by atoms with Crippen LogP contribution >= 0.6 is 27.5 Å². The van der Waals surface area contributed by atoms with Crippen LogP contribution < -0.4 is 10.5 Å². The molecule has 21 heavy (non-hydrogen) atoms. The summed E-state index contributed by atoms with van der Waals surface area (Å²) in [5.74, 6) is -0.793. The van der Waals surface area contributed by atoms with Crippen molar-refractivity contribution in [2.24, 2.45) is 0 Å². The average molecular weight is 394 g/mol. The van der Waals surface area contributed by atoms with E-state index in [2.05, 4.69) is 20.7 Å². The van der Waals surface area contributed by atoms with Crippen LogP contribution in [0.3, 0.4) is 0 Å². The summed E-state index contributed by atoms with van der Waals surface area (Å²) in [6, 6.07) is 6.45. The number of rotatable bonds is 3. The van der Waals surface area contributed by atoms with Crippen molar-refractivity contribution in [3.8, 4) is 0 Å². The Morgan fingerprint density at radius 3 is 2.57 bits per heavy atom. The number of nitrogens with one attached hydrogen (secondary N) is 1. The molecule has 0 unspecified atom stereocenters. The van der Waals surface area contributed by atoms with Crippen LogP contribution in [0.2, 0.25) is 5.02 Å². The van der Waals surface area contributed by atoms with Crippen molar-refractivity contribution in [1.29, 1.82) is 0 Å². The average Bonchev–Trinajstić information content (AvgIpc) is 2.39. The maximum atomic E-state index is 13.4. The summed E-state index contributed by atoms with van der Waals surface area (Å²) in [7, 11) is -3.94. The molecule has 0 aliphatic rings. The van der Waals surface area contributed by atoms with Crippen molar-refractivity contribution in [3.05, 3.63) is 51.2 Å². The molecule has 8 heteroatoms. The third-order valence-electron chi connectivity index (χ3n) is 2.77. The lowest BCUT2D eigenvalue weighted by atomic mass is 10.2. The normalized spacial score (nSPS) is 11.4. The zero-order chi connectivity index (χ0) is 15.8. The van der Waals surface area contributed by atoms with Gasteiger partial charge in [0.2, 0.25) is 0 Å². The molecule has 0 spiro atoms. The number of sulfonamides is 1. The molecule has 0 amide bonds. The monoisotopic (exact) mass is 392 g/mol. The Morgan fingerprint density at radius 2 is 1.95 bits per heavy atom. The van der Waals surface area contributed by atoms with E-state index in [0.29, 0.717) is 9.50 Å². The van der Waals surface area contributed by atoms with Gasteiger partial charge < -0.3 is 5.73 Å². The minimum absolute atomic E-state index is 0.117. The molecule has 0 saturated carbocycles. The fraction of sp³-hybridized carbons (Fsp3) is 0.0769. The Kier molecular flexibility index (Phi) is 4.46. The Bertz CT molecular complexity index is 812. The van der Waals surface area contributed by atoms with Crippen LogP contribution in [-0.4, -0.2) is 8.42 Å². The molecular formula is C13H11BrClFN2O2S. The number of hydrogen-bond acceptors (Lipinski definition) is 3. The second kappa shape index (κ2) is 5.82. The topological polar surface area (TPSA) is 72.2 Å². The second-order valence-corrected chi connectivity index (χ2v) is 7.31. The smallest absolute Gasteiger partial charge is 0.262 e. The van der Waals surface area contributed by atoms with Gasteiger partial charge >= 0.3 is 0 Å². The summed E-state index contributed by atoms with van der Waals surface area (Å²) < 4.78 is 40.7. The summed E-state index contributed by atoms with van der Waals surface area (Å²) >= 11 is 9.23. The molecule has 0 atom stereocenters. The summed E-state index contributed by atoms with van der Waals surface area (Å²) in [5.41, 5.74) is 6.28. The van der Waals surface area contributed by atoms with Crippen molar-refractivity contribution in [2.45, 2.75) is 11.8 Å². The lowest BCUT2D eigenvalue weighted by molar-refractivity contribution is 0.596. The van der Waals surface area contributed by atoms with Gasteiger partial charge in [-0.2, -0.15) is 0 Å². The van der Waals surface area contributed by atoms with Gasteiger partial charge in [-0.05, 0) is 58.7 Å². The molecule has 2 rings (SSSR count). The highest BCUT2D eigenvalue weighted by Crippen LogP contribution is 2.31. The van der Waals surface area contributed by atoms with Gasteiger partial charge in [-0.3, -0.25) is 4.72 Å². The number of benzene rings is 2. The molecule has 0 saturated heterocycles. The predicted octanol–water partition coefficient (Wildman–Crippen LogP) is 3.93. The summed E-state index contributed by atoms with van der Waals surface area (Å²) in [6.45, 7) is 1.79. The number of halogens is 3. The molecule has 0 aliphatic carbocycles. The molecule has 3 N–H and O–H groups in total. The first-order valence-corrected chi connectivity index (χ1v) is 8.39. The Balaban J connectivity index is 2.42. The highest BCUT2D eigenvalue weighted by molar-refractivity contribution is 9.10. The van der Waals surface area contributed by atoms with E-state index in [1.54, 1.807) is 13.0 Å². The van der Waals surface area contributed by atoms with Crippen molar-refractivity contribution in [3.63, 3.8) is 0 Å². The quantitative estimate of drug-likeness (QED) is 0.776.